The molecule has 2 aromatic heterocycles. The Kier molecular flexibility index (Phi) is 1.94. The van der Waals surface area contributed by atoms with E-state index in [0.717, 1.165) is 0 Å². The van der Waals surface area contributed by atoms with Gasteiger partial charge in [-0.15, -0.1) is 10.2 Å². The van der Waals surface area contributed by atoms with Crippen LogP contribution in [0.25, 0.3) is 0 Å². The van der Waals surface area contributed by atoms with E-state index < -0.39 is 0 Å². The molecule has 2 aromatic rings. The van der Waals surface area contributed by atoms with Crippen molar-refractivity contribution in [3.63, 3.8) is 0 Å². The molecule has 14 heavy (non-hydrogen) atoms. The third-order valence-corrected chi connectivity index (χ3v) is 1.58. The monoisotopic (exact) mass is 193 g/mol. The minimum atomic E-state index is -0.314. The molecule has 0 radical (unpaired) electrons. The van der Waals surface area contributed by atoms with E-state index in [9.17, 15) is 4.79 Å². The second kappa shape index (κ2) is 3.24. The van der Waals surface area contributed by atoms with Gasteiger partial charge in [-0.3, -0.25) is 9.89 Å². The Morgan fingerprint density at radius 2 is 2.21 bits per heavy atom. The molecule has 8 nitrogen and oxygen atoms in total. The number of aryl methyl sites for hydroxylation is 1. The molecule has 3 N–H and O–H groups in total. The molecule has 0 amide bonds. The van der Waals surface area contributed by atoms with Crippen LogP contribution >= 0.6 is 0 Å². The van der Waals surface area contributed by atoms with Crippen molar-refractivity contribution in [3.8, 4) is 0 Å². The van der Waals surface area contributed by atoms with Crippen LogP contribution in [0.1, 0.15) is 5.69 Å². The molecule has 2 heterocycles. The number of rotatable bonds is 2. The van der Waals surface area contributed by atoms with E-state index in [1.807, 2.05) is 0 Å². The van der Waals surface area contributed by atoms with Gasteiger partial charge in [0.2, 0.25) is 0 Å². The average molecular weight is 193 g/mol. The first-order valence-corrected chi connectivity index (χ1v) is 3.81. The van der Waals surface area contributed by atoms with Crippen molar-refractivity contribution in [2.24, 2.45) is 10.2 Å². The highest BCUT2D eigenvalue weighted by Crippen LogP contribution is 2.11. The lowest BCUT2D eigenvalue weighted by molar-refractivity contribution is 1.02. The Morgan fingerprint density at radius 1 is 1.36 bits per heavy atom. The molecule has 8 heteroatoms. The smallest absolute Gasteiger partial charge is 0.291 e. The Morgan fingerprint density at radius 3 is 2.79 bits per heavy atom. The molecular weight excluding hydrogens is 186 g/mol. The van der Waals surface area contributed by atoms with Crippen LogP contribution in [-0.4, -0.2) is 25.4 Å². The van der Waals surface area contributed by atoms with Gasteiger partial charge in [0.05, 0.1) is 5.69 Å². The molecule has 0 bridgehead atoms. The third-order valence-electron chi connectivity index (χ3n) is 1.58. The standard InChI is InChI=1S/C6H7N7O/c1-3-4(5(14)11-9-3)10-13-6-7-2-8-12-6/h2H,1H3,(H,7,8,12)(H2,9,11,14). The molecule has 0 saturated carbocycles. The lowest BCUT2D eigenvalue weighted by Gasteiger charge is -1.84. The van der Waals surface area contributed by atoms with Gasteiger partial charge in [-0.2, -0.15) is 10.1 Å². The van der Waals surface area contributed by atoms with Gasteiger partial charge in [-0.05, 0) is 6.92 Å². The van der Waals surface area contributed by atoms with E-state index in [0.29, 0.717) is 5.69 Å². The zero-order valence-corrected chi connectivity index (χ0v) is 7.27. The first kappa shape index (κ1) is 8.35. The minimum Gasteiger partial charge on any atom is -0.300 e. The van der Waals surface area contributed by atoms with Crippen LogP contribution in [-0.2, 0) is 0 Å². The molecule has 0 saturated heterocycles. The summed E-state index contributed by atoms with van der Waals surface area (Å²) in [4.78, 5) is 14.8. The quantitative estimate of drug-likeness (QED) is 0.604. The number of azo groups is 1. The maximum atomic E-state index is 11.1. The van der Waals surface area contributed by atoms with Crippen LogP contribution in [0.2, 0.25) is 0 Å². The van der Waals surface area contributed by atoms with E-state index in [4.69, 9.17) is 0 Å². The predicted octanol–water partition coefficient (Wildman–Crippen LogP) is 0.545. The molecule has 72 valence electrons. The molecule has 2 rings (SSSR count). The number of hydrogen-bond donors (Lipinski definition) is 3. The molecule has 0 aliphatic rings. The topological polar surface area (TPSA) is 115 Å². The summed E-state index contributed by atoms with van der Waals surface area (Å²) in [5, 5.41) is 18.5. The van der Waals surface area contributed by atoms with Crippen molar-refractivity contribution in [2.45, 2.75) is 6.92 Å². The summed E-state index contributed by atoms with van der Waals surface area (Å²) in [7, 11) is 0. The summed E-state index contributed by atoms with van der Waals surface area (Å²) in [5.74, 6) is 0.255. The molecule has 0 atom stereocenters. The molecular formula is C6H7N7O. The fourth-order valence-corrected chi connectivity index (χ4v) is 0.904. The molecule has 0 spiro atoms. The van der Waals surface area contributed by atoms with Crippen molar-refractivity contribution in [1.29, 1.82) is 0 Å². The average Bonchev–Trinajstić information content (AvgIpc) is 2.76. The molecule has 0 unspecified atom stereocenters. The van der Waals surface area contributed by atoms with Crippen molar-refractivity contribution >= 4 is 11.6 Å². The summed E-state index contributed by atoms with van der Waals surface area (Å²) < 4.78 is 0. The van der Waals surface area contributed by atoms with Crippen LogP contribution in [0, 0.1) is 6.92 Å². The summed E-state index contributed by atoms with van der Waals surface area (Å²) in [5.41, 5.74) is 0.547. The predicted molar refractivity (Wildman–Crippen MR) is 46.7 cm³/mol. The lowest BCUT2D eigenvalue weighted by atomic mass is 10.4. The minimum absolute atomic E-state index is 0.237. The van der Waals surface area contributed by atoms with Crippen LogP contribution < -0.4 is 5.56 Å². The lowest BCUT2D eigenvalue weighted by Crippen LogP contribution is -1.96. The molecule has 0 aliphatic carbocycles. The van der Waals surface area contributed by atoms with Gasteiger partial charge in [0.1, 0.15) is 6.33 Å². The normalized spacial score (nSPS) is 11.2. The number of aromatic amines is 3. The fraction of sp³-hybridized carbons (Fsp3) is 0.167. The van der Waals surface area contributed by atoms with Crippen molar-refractivity contribution in [3.05, 3.63) is 22.4 Å². The zero-order valence-electron chi connectivity index (χ0n) is 7.27. The molecule has 0 fully saturated rings. The van der Waals surface area contributed by atoms with Gasteiger partial charge >= 0.3 is 0 Å². The van der Waals surface area contributed by atoms with Gasteiger partial charge in [-0.1, -0.05) is 0 Å². The van der Waals surface area contributed by atoms with Crippen molar-refractivity contribution < 1.29 is 0 Å². The fourth-order valence-electron chi connectivity index (χ4n) is 0.904. The Bertz CT molecular complexity index is 490. The first-order valence-electron chi connectivity index (χ1n) is 3.81. The van der Waals surface area contributed by atoms with E-state index in [-0.39, 0.29) is 17.2 Å². The highest BCUT2D eigenvalue weighted by molar-refractivity contribution is 5.37. The third kappa shape index (κ3) is 1.44. The highest BCUT2D eigenvalue weighted by atomic mass is 16.1. The number of nitrogens with one attached hydrogen (secondary N) is 3. The number of H-pyrrole nitrogens is 3. The Hall–Kier alpha value is -2.25. The van der Waals surface area contributed by atoms with Gasteiger partial charge < -0.3 is 5.10 Å². The first-order chi connectivity index (χ1) is 6.77. The van der Waals surface area contributed by atoms with Crippen molar-refractivity contribution in [1.82, 2.24) is 25.4 Å². The molecule has 0 aliphatic heterocycles. The maximum absolute atomic E-state index is 11.1. The van der Waals surface area contributed by atoms with Crippen LogP contribution in [0.4, 0.5) is 11.6 Å². The summed E-state index contributed by atoms with van der Waals surface area (Å²) in [6.45, 7) is 1.71. The van der Waals surface area contributed by atoms with Gasteiger partial charge in [0.15, 0.2) is 5.69 Å². The Labute approximate surface area is 77.5 Å². The van der Waals surface area contributed by atoms with Gasteiger partial charge in [0.25, 0.3) is 11.5 Å². The van der Waals surface area contributed by atoms with Crippen LogP contribution in [0.15, 0.2) is 21.4 Å². The Balaban J connectivity index is 2.31. The molecule has 0 aromatic carbocycles. The number of hydrogen-bond acceptors (Lipinski definition) is 5. The van der Waals surface area contributed by atoms with Crippen LogP contribution in [0.3, 0.4) is 0 Å². The summed E-state index contributed by atoms with van der Waals surface area (Å²) in [6.07, 6.45) is 1.31. The van der Waals surface area contributed by atoms with E-state index in [1.165, 1.54) is 6.33 Å². The van der Waals surface area contributed by atoms with Gasteiger partial charge in [-0.25, -0.2) is 5.10 Å². The SMILES string of the molecule is Cc1[nH][nH]c(=O)c1N=Nc1ncn[nH]1. The highest BCUT2D eigenvalue weighted by Gasteiger charge is 2.03. The van der Waals surface area contributed by atoms with Crippen LogP contribution in [0.5, 0.6) is 0 Å². The second-order valence-electron chi connectivity index (χ2n) is 2.56. The van der Waals surface area contributed by atoms with Gasteiger partial charge in [0, 0.05) is 0 Å². The number of nitrogens with zero attached hydrogens (tertiary/aromatic N) is 4. The summed E-state index contributed by atoms with van der Waals surface area (Å²) >= 11 is 0. The van der Waals surface area contributed by atoms with E-state index in [1.54, 1.807) is 6.92 Å². The second-order valence-corrected chi connectivity index (χ2v) is 2.56. The van der Waals surface area contributed by atoms with E-state index >= 15 is 0 Å². The number of aromatic nitrogens is 5. The zero-order chi connectivity index (χ0) is 9.97. The van der Waals surface area contributed by atoms with Crippen molar-refractivity contribution in [2.75, 3.05) is 0 Å². The van der Waals surface area contributed by atoms with E-state index in [2.05, 4.69) is 35.6 Å². The summed E-state index contributed by atoms with van der Waals surface area (Å²) in [6, 6.07) is 0. The largest absolute Gasteiger partial charge is 0.300 e. The maximum Gasteiger partial charge on any atom is 0.291 e.